The Balaban J connectivity index is 0.00000208. The van der Waals surface area contributed by atoms with Gasteiger partial charge in [0.2, 0.25) is 6.79 Å². The Kier molecular flexibility index (Phi) is 6.97. The standard InChI is InChI=1S/C17H25N3O3.HI/c1-17(7-3-9-23-17)11-20-16(18-2)19-8-6-13-4-5-14-15(10-13)22-12-21-14;/h4-5,10H,3,6-9,11-12H2,1-2H3,(H2,18,19,20);1H. The number of halogens is 1. The molecule has 0 radical (unpaired) electrons. The fourth-order valence-corrected chi connectivity index (χ4v) is 2.89. The fourth-order valence-electron chi connectivity index (χ4n) is 2.89. The second-order valence-corrected chi connectivity index (χ2v) is 6.19. The van der Waals surface area contributed by atoms with Crippen LogP contribution in [0.5, 0.6) is 11.5 Å². The Labute approximate surface area is 160 Å². The van der Waals surface area contributed by atoms with Crippen LogP contribution in [0.15, 0.2) is 23.2 Å². The molecule has 3 rings (SSSR count). The summed E-state index contributed by atoms with van der Waals surface area (Å²) in [5.41, 5.74) is 1.14. The molecule has 1 saturated heterocycles. The highest BCUT2D eigenvalue weighted by molar-refractivity contribution is 14.0. The van der Waals surface area contributed by atoms with Crippen LogP contribution in [0.25, 0.3) is 0 Å². The van der Waals surface area contributed by atoms with E-state index in [4.69, 9.17) is 14.2 Å². The van der Waals surface area contributed by atoms with E-state index in [-0.39, 0.29) is 29.6 Å². The minimum Gasteiger partial charge on any atom is -0.454 e. The molecule has 0 aromatic heterocycles. The lowest BCUT2D eigenvalue weighted by molar-refractivity contribution is 0.0243. The van der Waals surface area contributed by atoms with Crippen molar-refractivity contribution in [3.8, 4) is 11.5 Å². The summed E-state index contributed by atoms with van der Waals surface area (Å²) < 4.78 is 16.5. The largest absolute Gasteiger partial charge is 0.454 e. The molecule has 0 amide bonds. The first kappa shape index (κ1) is 19.1. The molecule has 1 unspecified atom stereocenters. The van der Waals surface area contributed by atoms with Gasteiger partial charge in [-0.3, -0.25) is 4.99 Å². The maximum absolute atomic E-state index is 5.78. The van der Waals surface area contributed by atoms with E-state index in [9.17, 15) is 0 Å². The van der Waals surface area contributed by atoms with Crippen molar-refractivity contribution < 1.29 is 14.2 Å². The highest BCUT2D eigenvalue weighted by atomic mass is 127. The van der Waals surface area contributed by atoms with Crippen LogP contribution in [0, 0.1) is 0 Å². The van der Waals surface area contributed by atoms with E-state index < -0.39 is 0 Å². The molecule has 1 aromatic carbocycles. The molecule has 0 spiro atoms. The number of nitrogens with one attached hydrogen (secondary N) is 2. The van der Waals surface area contributed by atoms with Crippen molar-refractivity contribution in [2.24, 2.45) is 4.99 Å². The van der Waals surface area contributed by atoms with Gasteiger partial charge >= 0.3 is 0 Å². The molecule has 0 aliphatic carbocycles. The van der Waals surface area contributed by atoms with Gasteiger partial charge in [0.05, 0.1) is 5.60 Å². The van der Waals surface area contributed by atoms with E-state index in [1.807, 2.05) is 12.1 Å². The van der Waals surface area contributed by atoms with Crippen molar-refractivity contribution in [2.75, 3.05) is 33.5 Å². The van der Waals surface area contributed by atoms with Crippen LogP contribution >= 0.6 is 24.0 Å². The van der Waals surface area contributed by atoms with E-state index in [0.29, 0.717) is 6.79 Å². The number of ether oxygens (including phenoxy) is 3. The molecule has 134 valence electrons. The van der Waals surface area contributed by atoms with Crippen molar-refractivity contribution in [3.05, 3.63) is 23.8 Å². The molecule has 2 aliphatic rings. The van der Waals surface area contributed by atoms with E-state index in [1.165, 1.54) is 5.56 Å². The van der Waals surface area contributed by atoms with Gasteiger partial charge in [0.15, 0.2) is 17.5 Å². The fraction of sp³-hybridized carbons (Fsp3) is 0.588. The number of fused-ring (bicyclic) bond motifs is 1. The van der Waals surface area contributed by atoms with Crippen LogP contribution in [0.2, 0.25) is 0 Å². The molecular weight excluding hydrogens is 421 g/mol. The molecule has 24 heavy (non-hydrogen) atoms. The lowest BCUT2D eigenvalue weighted by Crippen LogP contribution is -2.45. The first-order chi connectivity index (χ1) is 11.2. The number of benzene rings is 1. The van der Waals surface area contributed by atoms with E-state index >= 15 is 0 Å². The first-order valence-electron chi connectivity index (χ1n) is 8.16. The molecule has 0 bridgehead atoms. The highest BCUT2D eigenvalue weighted by Crippen LogP contribution is 2.32. The molecule has 2 heterocycles. The minimum atomic E-state index is -0.0745. The highest BCUT2D eigenvalue weighted by Gasteiger charge is 2.29. The molecule has 0 saturated carbocycles. The van der Waals surface area contributed by atoms with Crippen LogP contribution < -0.4 is 20.1 Å². The maximum atomic E-state index is 5.78. The second-order valence-electron chi connectivity index (χ2n) is 6.19. The van der Waals surface area contributed by atoms with Gasteiger partial charge in [-0.25, -0.2) is 0 Å². The molecule has 2 aliphatic heterocycles. The SMILES string of the molecule is CN=C(NCCc1ccc2c(c1)OCO2)NCC1(C)CCCO1.I. The average Bonchev–Trinajstić information content (AvgIpc) is 3.19. The molecule has 1 fully saturated rings. The van der Waals surface area contributed by atoms with Gasteiger partial charge in [0.1, 0.15) is 0 Å². The lowest BCUT2D eigenvalue weighted by atomic mass is 10.0. The minimum absolute atomic E-state index is 0. The quantitative estimate of drug-likeness (QED) is 0.412. The predicted octanol–water partition coefficient (Wildman–Crippen LogP) is 2.31. The van der Waals surface area contributed by atoms with Crippen LogP contribution in [0.3, 0.4) is 0 Å². The summed E-state index contributed by atoms with van der Waals surface area (Å²) in [6, 6.07) is 6.06. The number of aliphatic imine (C=N–C) groups is 1. The number of hydrogen-bond donors (Lipinski definition) is 2. The van der Waals surface area contributed by atoms with E-state index in [2.05, 4.69) is 28.6 Å². The average molecular weight is 447 g/mol. The number of guanidine groups is 1. The predicted molar refractivity (Wildman–Crippen MR) is 105 cm³/mol. The second kappa shape index (κ2) is 8.75. The Hall–Kier alpha value is -1.22. The number of nitrogens with zero attached hydrogens (tertiary/aromatic N) is 1. The first-order valence-corrected chi connectivity index (χ1v) is 8.16. The summed E-state index contributed by atoms with van der Waals surface area (Å²) >= 11 is 0. The van der Waals surface area contributed by atoms with Gasteiger partial charge in [-0.05, 0) is 43.9 Å². The van der Waals surface area contributed by atoms with Gasteiger partial charge in [-0.1, -0.05) is 6.07 Å². The van der Waals surface area contributed by atoms with Crippen LogP contribution in [-0.4, -0.2) is 45.1 Å². The van der Waals surface area contributed by atoms with Gasteiger partial charge in [0.25, 0.3) is 0 Å². The zero-order valence-electron chi connectivity index (χ0n) is 14.3. The Morgan fingerprint density at radius 2 is 2.08 bits per heavy atom. The van der Waals surface area contributed by atoms with Crippen molar-refractivity contribution in [1.82, 2.24) is 10.6 Å². The molecule has 1 atom stereocenters. The van der Waals surface area contributed by atoms with E-state index in [1.54, 1.807) is 7.05 Å². The monoisotopic (exact) mass is 447 g/mol. The van der Waals surface area contributed by atoms with E-state index in [0.717, 1.165) is 56.4 Å². The number of rotatable bonds is 5. The summed E-state index contributed by atoms with van der Waals surface area (Å²) in [6.45, 7) is 4.89. The van der Waals surface area contributed by atoms with Gasteiger partial charge in [-0.15, -0.1) is 24.0 Å². The smallest absolute Gasteiger partial charge is 0.231 e. The topological polar surface area (TPSA) is 64.1 Å². The Morgan fingerprint density at radius 3 is 2.83 bits per heavy atom. The molecule has 1 aromatic rings. The normalized spacial score (nSPS) is 22.2. The van der Waals surface area contributed by atoms with Crippen LogP contribution in [0.1, 0.15) is 25.3 Å². The zero-order chi connectivity index (χ0) is 16.1. The third-order valence-electron chi connectivity index (χ3n) is 4.30. The van der Waals surface area contributed by atoms with Crippen molar-refractivity contribution in [2.45, 2.75) is 31.8 Å². The van der Waals surface area contributed by atoms with Crippen molar-refractivity contribution in [1.29, 1.82) is 0 Å². The number of hydrogen-bond acceptors (Lipinski definition) is 4. The van der Waals surface area contributed by atoms with Crippen LogP contribution in [0.4, 0.5) is 0 Å². The summed E-state index contributed by atoms with van der Waals surface area (Å²) in [5.74, 6) is 2.46. The van der Waals surface area contributed by atoms with Crippen LogP contribution in [-0.2, 0) is 11.2 Å². The molecule has 2 N–H and O–H groups in total. The zero-order valence-corrected chi connectivity index (χ0v) is 16.6. The summed E-state index contributed by atoms with van der Waals surface area (Å²) in [7, 11) is 1.79. The summed E-state index contributed by atoms with van der Waals surface area (Å²) in [4.78, 5) is 4.26. The van der Waals surface area contributed by atoms with Gasteiger partial charge in [0, 0.05) is 26.7 Å². The van der Waals surface area contributed by atoms with Gasteiger partial charge in [-0.2, -0.15) is 0 Å². The summed E-state index contributed by atoms with van der Waals surface area (Å²) in [6.07, 6.45) is 3.12. The third-order valence-corrected chi connectivity index (χ3v) is 4.30. The Morgan fingerprint density at radius 1 is 1.25 bits per heavy atom. The maximum Gasteiger partial charge on any atom is 0.231 e. The molecular formula is C17H26IN3O3. The molecule has 7 heteroatoms. The Bertz CT molecular complexity index is 574. The molecule has 6 nitrogen and oxygen atoms in total. The summed E-state index contributed by atoms with van der Waals surface area (Å²) in [5, 5.41) is 6.69. The van der Waals surface area contributed by atoms with Crippen molar-refractivity contribution >= 4 is 29.9 Å². The lowest BCUT2D eigenvalue weighted by Gasteiger charge is -2.24. The third kappa shape index (κ3) is 4.89. The van der Waals surface area contributed by atoms with Gasteiger partial charge < -0.3 is 24.8 Å². The van der Waals surface area contributed by atoms with Crippen molar-refractivity contribution in [3.63, 3.8) is 0 Å².